The van der Waals surface area contributed by atoms with E-state index >= 15 is 0 Å². The van der Waals surface area contributed by atoms with Crippen LogP contribution in [-0.4, -0.2) is 34.0 Å². The summed E-state index contributed by atoms with van der Waals surface area (Å²) >= 11 is 1.75. The minimum Gasteiger partial charge on any atom is -0.481 e. The molecule has 0 aliphatic heterocycles. The van der Waals surface area contributed by atoms with Crippen LogP contribution in [0.3, 0.4) is 0 Å². The molecule has 0 aliphatic carbocycles. The molecule has 0 aromatic heterocycles. The Balaban J connectivity index is 1.98. The molecule has 1 unspecified atom stereocenters. The minimum absolute atomic E-state index is 0.312. The van der Waals surface area contributed by atoms with E-state index in [4.69, 9.17) is 9.84 Å². The summed E-state index contributed by atoms with van der Waals surface area (Å²) in [6.45, 7) is 1.82. The van der Waals surface area contributed by atoms with Gasteiger partial charge in [0.25, 0.3) is 0 Å². The third kappa shape index (κ3) is 14.4. The Morgan fingerprint density at radius 2 is 1.31 bits per heavy atom. The number of benzene rings is 1. The normalized spacial score (nSPS) is 11.9. The average Bonchev–Trinajstić information content (AvgIpc) is 2.77. The molecule has 0 aliphatic rings. The zero-order valence-corrected chi connectivity index (χ0v) is 20.5. The maximum atomic E-state index is 11.2. The number of para-hydroxylation sites is 1. The number of carboxylic acid groups (broad SMARTS) is 2. The van der Waals surface area contributed by atoms with Crippen LogP contribution in [0.4, 0.5) is 0 Å². The lowest BCUT2D eigenvalue weighted by molar-refractivity contribution is -0.145. The number of rotatable bonds is 21. The Morgan fingerprint density at radius 1 is 0.812 bits per heavy atom. The van der Waals surface area contributed by atoms with Gasteiger partial charge in [0.05, 0.1) is 0 Å². The average molecular weight is 467 g/mol. The predicted molar refractivity (Wildman–Crippen MR) is 132 cm³/mol. The smallest absolute Gasteiger partial charge is 0.344 e. The Kier molecular flexibility index (Phi) is 16.7. The topological polar surface area (TPSA) is 83.8 Å². The monoisotopic (exact) mass is 466 g/mol. The molecule has 0 fully saturated rings. The summed E-state index contributed by atoms with van der Waals surface area (Å²) in [6.07, 6.45) is 15.7. The maximum absolute atomic E-state index is 11.2. The molecule has 1 aromatic carbocycles. The number of hydrogen-bond acceptors (Lipinski definition) is 4. The van der Waals surface area contributed by atoms with E-state index in [9.17, 15) is 14.7 Å². The minimum atomic E-state index is -0.916. The van der Waals surface area contributed by atoms with E-state index in [2.05, 4.69) is 0 Å². The highest BCUT2D eigenvalue weighted by Gasteiger charge is 2.18. The van der Waals surface area contributed by atoms with Crippen molar-refractivity contribution in [3.8, 4) is 5.75 Å². The zero-order valence-electron chi connectivity index (χ0n) is 19.7. The number of hydrogen-bond donors (Lipinski definition) is 2. The molecule has 0 spiro atoms. The van der Waals surface area contributed by atoms with Gasteiger partial charge in [-0.05, 0) is 37.1 Å². The van der Waals surface area contributed by atoms with Gasteiger partial charge in [0.2, 0.25) is 0 Å². The van der Waals surface area contributed by atoms with E-state index in [1.54, 1.807) is 11.8 Å². The second kappa shape index (κ2) is 18.8. The first kappa shape index (κ1) is 28.3. The lowest BCUT2D eigenvalue weighted by Crippen LogP contribution is -2.26. The van der Waals surface area contributed by atoms with Gasteiger partial charge < -0.3 is 14.9 Å². The molecule has 0 heterocycles. The van der Waals surface area contributed by atoms with Crippen LogP contribution >= 0.6 is 11.8 Å². The van der Waals surface area contributed by atoms with E-state index in [0.717, 1.165) is 29.9 Å². The Hall–Kier alpha value is -1.69. The van der Waals surface area contributed by atoms with E-state index in [-0.39, 0.29) is 0 Å². The van der Waals surface area contributed by atoms with Gasteiger partial charge in [-0.1, -0.05) is 89.7 Å². The first-order chi connectivity index (χ1) is 15.5. The first-order valence-electron chi connectivity index (χ1n) is 12.4. The fraction of sp³-hybridized carbons (Fsp3) is 0.692. The molecular formula is C26H42O5S. The highest BCUT2D eigenvalue weighted by atomic mass is 32.2. The van der Waals surface area contributed by atoms with Crippen LogP contribution in [0, 0.1) is 0 Å². The molecule has 6 heteroatoms. The largest absolute Gasteiger partial charge is 0.481 e. The van der Waals surface area contributed by atoms with E-state index in [1.165, 1.54) is 64.2 Å². The van der Waals surface area contributed by atoms with Crippen molar-refractivity contribution >= 4 is 23.7 Å². The van der Waals surface area contributed by atoms with Gasteiger partial charge in [0.1, 0.15) is 5.75 Å². The van der Waals surface area contributed by atoms with Gasteiger partial charge in [-0.3, -0.25) is 4.79 Å². The van der Waals surface area contributed by atoms with Crippen LogP contribution in [0.25, 0.3) is 0 Å². The van der Waals surface area contributed by atoms with Gasteiger partial charge >= 0.3 is 11.9 Å². The molecule has 2 N–H and O–H groups in total. The number of aliphatic carboxylic acids is 2. The van der Waals surface area contributed by atoms with Crippen molar-refractivity contribution in [3.63, 3.8) is 0 Å². The van der Waals surface area contributed by atoms with Crippen LogP contribution in [0.1, 0.15) is 103 Å². The SMILES string of the molecule is CCC(Oc1ccccc1SCCCCCCCCCCCCCCCC(=O)O)C(=O)O. The van der Waals surface area contributed by atoms with Crippen molar-refractivity contribution in [2.75, 3.05) is 5.75 Å². The molecule has 32 heavy (non-hydrogen) atoms. The van der Waals surface area contributed by atoms with Crippen LogP contribution in [0.5, 0.6) is 5.75 Å². The molecule has 182 valence electrons. The third-order valence-corrected chi connectivity index (χ3v) is 6.70. The Morgan fingerprint density at radius 3 is 1.81 bits per heavy atom. The highest BCUT2D eigenvalue weighted by Crippen LogP contribution is 2.31. The van der Waals surface area contributed by atoms with Crippen molar-refractivity contribution in [1.82, 2.24) is 0 Å². The standard InChI is InChI=1S/C26H42O5S/c1-2-22(26(29)30)31-23-18-15-16-19-24(23)32-21-17-13-11-9-7-5-3-4-6-8-10-12-14-20-25(27)28/h15-16,18-19,22H,2-14,17,20-21H2,1H3,(H,27,28)(H,29,30). The number of unbranched alkanes of at least 4 members (excludes halogenated alkanes) is 12. The second-order valence-electron chi connectivity index (χ2n) is 8.39. The Labute approximate surface area is 198 Å². The number of carbonyl (C=O) groups is 2. The summed E-state index contributed by atoms with van der Waals surface area (Å²) in [6, 6.07) is 7.71. The van der Waals surface area contributed by atoms with Crippen molar-refractivity contribution < 1.29 is 24.5 Å². The lowest BCUT2D eigenvalue weighted by atomic mass is 10.0. The highest BCUT2D eigenvalue weighted by molar-refractivity contribution is 7.99. The summed E-state index contributed by atoms with van der Waals surface area (Å²) in [5, 5.41) is 17.8. The van der Waals surface area contributed by atoms with Gasteiger partial charge in [0, 0.05) is 11.3 Å². The summed E-state index contributed by atoms with van der Waals surface area (Å²) in [4.78, 5) is 22.7. The van der Waals surface area contributed by atoms with Crippen molar-refractivity contribution in [1.29, 1.82) is 0 Å². The van der Waals surface area contributed by atoms with Crippen molar-refractivity contribution in [2.24, 2.45) is 0 Å². The molecule has 1 aromatic rings. The quantitative estimate of drug-likeness (QED) is 0.144. The fourth-order valence-corrected chi connectivity index (χ4v) is 4.63. The van der Waals surface area contributed by atoms with Crippen LogP contribution in [0.2, 0.25) is 0 Å². The second-order valence-corrected chi connectivity index (χ2v) is 9.52. The summed E-state index contributed by atoms with van der Waals surface area (Å²) in [5.41, 5.74) is 0. The molecular weight excluding hydrogens is 424 g/mol. The Bertz CT molecular complexity index is 634. The van der Waals surface area contributed by atoms with Gasteiger partial charge in [-0.25, -0.2) is 4.79 Å². The first-order valence-corrected chi connectivity index (χ1v) is 13.4. The fourth-order valence-electron chi connectivity index (χ4n) is 3.63. The number of ether oxygens (including phenoxy) is 1. The van der Waals surface area contributed by atoms with Gasteiger partial charge in [-0.15, -0.1) is 11.8 Å². The molecule has 1 rings (SSSR count). The van der Waals surface area contributed by atoms with Crippen LogP contribution in [-0.2, 0) is 9.59 Å². The molecule has 0 saturated carbocycles. The van der Waals surface area contributed by atoms with E-state index in [0.29, 0.717) is 18.6 Å². The molecule has 0 bridgehead atoms. The molecule has 0 amide bonds. The van der Waals surface area contributed by atoms with Crippen molar-refractivity contribution in [2.45, 2.75) is 114 Å². The number of carboxylic acids is 2. The molecule has 1 atom stereocenters. The third-order valence-electron chi connectivity index (χ3n) is 5.56. The summed E-state index contributed by atoms with van der Waals surface area (Å²) in [5.74, 6) is 0.102. The van der Waals surface area contributed by atoms with E-state index < -0.39 is 18.0 Å². The molecule has 5 nitrogen and oxygen atoms in total. The van der Waals surface area contributed by atoms with Crippen molar-refractivity contribution in [3.05, 3.63) is 24.3 Å². The zero-order chi connectivity index (χ0) is 23.4. The maximum Gasteiger partial charge on any atom is 0.344 e. The predicted octanol–water partition coefficient (Wildman–Crippen LogP) is 7.57. The van der Waals surface area contributed by atoms with Crippen LogP contribution in [0.15, 0.2) is 29.2 Å². The van der Waals surface area contributed by atoms with Gasteiger partial charge in [0.15, 0.2) is 6.10 Å². The molecule has 0 radical (unpaired) electrons. The summed E-state index contributed by atoms with van der Waals surface area (Å²) < 4.78 is 5.70. The van der Waals surface area contributed by atoms with Crippen LogP contribution < -0.4 is 4.74 Å². The number of thioether (sulfide) groups is 1. The lowest BCUT2D eigenvalue weighted by Gasteiger charge is -2.16. The van der Waals surface area contributed by atoms with E-state index in [1.807, 2.05) is 31.2 Å². The molecule has 0 saturated heterocycles. The van der Waals surface area contributed by atoms with Gasteiger partial charge in [-0.2, -0.15) is 0 Å². The summed E-state index contributed by atoms with van der Waals surface area (Å²) in [7, 11) is 0.